The number of carbonyl (C=O) groups excluding carboxylic acids is 1. The summed E-state index contributed by atoms with van der Waals surface area (Å²) in [5, 5.41) is 12.8. The molecule has 8 heteroatoms. The quantitative estimate of drug-likeness (QED) is 0.406. The van der Waals surface area contributed by atoms with Gasteiger partial charge in [0.15, 0.2) is 11.0 Å². The lowest BCUT2D eigenvalue weighted by Crippen LogP contribution is -2.29. The summed E-state index contributed by atoms with van der Waals surface area (Å²) in [6, 6.07) is 15.2. The molecule has 0 spiro atoms. The molecule has 3 rings (SSSR count). The minimum atomic E-state index is -0.0761. The molecule has 0 saturated carbocycles. The summed E-state index contributed by atoms with van der Waals surface area (Å²) in [6.07, 6.45) is 0. The Morgan fingerprint density at radius 1 is 1.21 bits per heavy atom. The molecule has 0 aliphatic rings. The fourth-order valence-corrected chi connectivity index (χ4v) is 3.81. The highest BCUT2D eigenvalue weighted by Gasteiger charge is 2.15. The van der Waals surface area contributed by atoms with E-state index in [1.165, 1.54) is 11.8 Å². The van der Waals surface area contributed by atoms with Gasteiger partial charge < -0.3 is 14.6 Å². The van der Waals surface area contributed by atoms with Crippen molar-refractivity contribution in [3.63, 3.8) is 0 Å². The van der Waals surface area contributed by atoms with E-state index in [0.29, 0.717) is 23.9 Å². The average molecular weight is 431 g/mol. The summed E-state index contributed by atoms with van der Waals surface area (Å²) in [7, 11) is 0. The van der Waals surface area contributed by atoms with Gasteiger partial charge in [-0.25, -0.2) is 0 Å². The van der Waals surface area contributed by atoms with Crippen LogP contribution in [0.1, 0.15) is 12.5 Å². The first kappa shape index (κ1) is 21.2. The van der Waals surface area contributed by atoms with E-state index in [0.717, 1.165) is 28.7 Å². The Balaban J connectivity index is 1.49. The molecule has 3 aromatic rings. The Labute approximate surface area is 179 Å². The fraction of sp³-hybridized carbons (Fsp3) is 0.286. The third-order valence-corrected chi connectivity index (χ3v) is 5.44. The van der Waals surface area contributed by atoms with Crippen molar-refractivity contribution in [3.05, 3.63) is 59.1 Å². The van der Waals surface area contributed by atoms with E-state index < -0.39 is 0 Å². The van der Waals surface area contributed by atoms with E-state index in [9.17, 15) is 4.79 Å². The molecule has 1 N–H and O–H groups in total. The first-order chi connectivity index (χ1) is 14.1. The molecule has 0 atom stereocenters. The van der Waals surface area contributed by atoms with E-state index in [1.54, 1.807) is 12.1 Å². The lowest BCUT2D eigenvalue weighted by atomic mass is 10.1. The van der Waals surface area contributed by atoms with Crippen LogP contribution in [0.5, 0.6) is 5.75 Å². The lowest BCUT2D eigenvalue weighted by Gasteiger charge is -2.10. The van der Waals surface area contributed by atoms with E-state index in [4.69, 9.17) is 16.3 Å². The zero-order chi connectivity index (χ0) is 20.6. The van der Waals surface area contributed by atoms with Gasteiger partial charge in [-0.1, -0.05) is 53.7 Å². The van der Waals surface area contributed by atoms with Crippen LogP contribution in [0.25, 0.3) is 11.4 Å². The molecule has 152 valence electrons. The van der Waals surface area contributed by atoms with Gasteiger partial charge >= 0.3 is 0 Å². The number of nitrogens with zero attached hydrogens (tertiary/aromatic N) is 3. The molecule has 1 amide bonds. The second kappa shape index (κ2) is 10.3. The van der Waals surface area contributed by atoms with Crippen LogP contribution in [-0.2, 0) is 11.3 Å². The Bertz CT molecular complexity index is 977. The zero-order valence-corrected chi connectivity index (χ0v) is 18.0. The van der Waals surface area contributed by atoms with Gasteiger partial charge in [0.1, 0.15) is 12.4 Å². The molecular formula is C21H23ClN4O2S. The number of hydrogen-bond acceptors (Lipinski definition) is 5. The van der Waals surface area contributed by atoms with E-state index in [1.807, 2.05) is 41.8 Å². The normalized spacial score (nSPS) is 10.7. The lowest BCUT2D eigenvalue weighted by molar-refractivity contribution is -0.118. The van der Waals surface area contributed by atoms with Crippen LogP contribution in [0.4, 0.5) is 0 Å². The van der Waals surface area contributed by atoms with Crippen LogP contribution in [0.3, 0.4) is 0 Å². The Kier molecular flexibility index (Phi) is 7.55. The summed E-state index contributed by atoms with van der Waals surface area (Å²) in [4.78, 5) is 12.1. The topological polar surface area (TPSA) is 69.0 Å². The highest BCUT2D eigenvalue weighted by Crippen LogP contribution is 2.26. The maximum absolute atomic E-state index is 12.1. The number of amides is 1. The first-order valence-electron chi connectivity index (χ1n) is 9.35. The molecule has 29 heavy (non-hydrogen) atoms. The van der Waals surface area contributed by atoms with Crippen molar-refractivity contribution in [2.24, 2.45) is 0 Å². The maximum Gasteiger partial charge on any atom is 0.230 e. The minimum absolute atomic E-state index is 0.0761. The van der Waals surface area contributed by atoms with Crippen molar-refractivity contribution < 1.29 is 9.53 Å². The van der Waals surface area contributed by atoms with Gasteiger partial charge in [-0.05, 0) is 37.6 Å². The number of ether oxygens (including phenoxy) is 1. The monoisotopic (exact) mass is 430 g/mol. The van der Waals surface area contributed by atoms with E-state index >= 15 is 0 Å². The Hall–Kier alpha value is -2.51. The van der Waals surface area contributed by atoms with Gasteiger partial charge in [-0.2, -0.15) is 0 Å². The molecule has 0 unspecified atom stereocenters. The third-order valence-electron chi connectivity index (χ3n) is 4.24. The summed E-state index contributed by atoms with van der Waals surface area (Å²) in [5.74, 6) is 1.69. The van der Waals surface area contributed by atoms with Crippen molar-refractivity contribution in [2.75, 3.05) is 18.9 Å². The summed E-state index contributed by atoms with van der Waals surface area (Å²) in [6.45, 7) is 5.62. The number of halogens is 1. The number of rotatable bonds is 9. The third kappa shape index (κ3) is 5.74. The number of aryl methyl sites for hydroxylation is 1. The maximum atomic E-state index is 12.1. The molecule has 2 aromatic carbocycles. The second-order valence-corrected chi connectivity index (χ2v) is 7.69. The van der Waals surface area contributed by atoms with Crippen molar-refractivity contribution >= 4 is 29.3 Å². The number of benzene rings is 2. The van der Waals surface area contributed by atoms with Crippen molar-refractivity contribution in [2.45, 2.75) is 25.5 Å². The smallest absolute Gasteiger partial charge is 0.230 e. The standard InChI is InChI=1S/C21H23ClN4O2S/c1-3-26-20(18-10-5-4-7-15(18)2)24-25-21(26)29-14-19(27)23-11-12-28-17-9-6-8-16(22)13-17/h4-10,13H,3,11-12,14H2,1-2H3,(H,23,27). The number of nitrogens with one attached hydrogen (secondary N) is 1. The largest absolute Gasteiger partial charge is 0.492 e. The van der Waals surface area contributed by atoms with Crippen LogP contribution in [-0.4, -0.2) is 39.6 Å². The van der Waals surface area contributed by atoms with Crippen LogP contribution in [0.15, 0.2) is 53.7 Å². The SMILES string of the molecule is CCn1c(SCC(=O)NCCOc2cccc(Cl)c2)nnc1-c1ccccc1C. The van der Waals surface area contributed by atoms with Crippen molar-refractivity contribution in [3.8, 4) is 17.1 Å². The summed E-state index contributed by atoms with van der Waals surface area (Å²) >= 11 is 7.29. The molecule has 0 bridgehead atoms. The highest BCUT2D eigenvalue weighted by atomic mass is 35.5. The van der Waals surface area contributed by atoms with E-state index in [2.05, 4.69) is 28.5 Å². The number of carbonyl (C=O) groups is 1. The predicted molar refractivity (Wildman–Crippen MR) is 117 cm³/mol. The second-order valence-electron chi connectivity index (χ2n) is 6.31. The van der Waals surface area contributed by atoms with Crippen LogP contribution in [0, 0.1) is 6.92 Å². The van der Waals surface area contributed by atoms with Crippen LogP contribution in [0.2, 0.25) is 5.02 Å². The average Bonchev–Trinajstić information content (AvgIpc) is 3.13. The predicted octanol–water partition coefficient (Wildman–Crippen LogP) is 4.21. The molecular weight excluding hydrogens is 408 g/mol. The number of aromatic nitrogens is 3. The van der Waals surface area contributed by atoms with Crippen molar-refractivity contribution in [1.29, 1.82) is 0 Å². The molecule has 1 heterocycles. The molecule has 0 fully saturated rings. The summed E-state index contributed by atoms with van der Waals surface area (Å²) in [5.41, 5.74) is 2.19. The Morgan fingerprint density at radius 3 is 2.79 bits per heavy atom. The fourth-order valence-electron chi connectivity index (χ4n) is 2.80. The van der Waals surface area contributed by atoms with Gasteiger partial charge in [0.05, 0.1) is 12.3 Å². The van der Waals surface area contributed by atoms with Gasteiger partial charge in [0.25, 0.3) is 0 Å². The number of hydrogen-bond donors (Lipinski definition) is 1. The molecule has 0 radical (unpaired) electrons. The van der Waals surface area contributed by atoms with Gasteiger partial charge in [-0.15, -0.1) is 10.2 Å². The minimum Gasteiger partial charge on any atom is -0.492 e. The first-order valence-corrected chi connectivity index (χ1v) is 10.7. The summed E-state index contributed by atoms with van der Waals surface area (Å²) < 4.78 is 7.60. The van der Waals surface area contributed by atoms with Crippen LogP contribution < -0.4 is 10.1 Å². The molecule has 6 nitrogen and oxygen atoms in total. The van der Waals surface area contributed by atoms with Crippen LogP contribution >= 0.6 is 23.4 Å². The molecule has 1 aromatic heterocycles. The highest BCUT2D eigenvalue weighted by molar-refractivity contribution is 7.99. The number of thioether (sulfide) groups is 1. The molecule has 0 saturated heterocycles. The molecule has 0 aliphatic heterocycles. The molecule has 0 aliphatic carbocycles. The van der Waals surface area contributed by atoms with Gasteiger partial charge in [0, 0.05) is 17.1 Å². The zero-order valence-electron chi connectivity index (χ0n) is 16.4. The van der Waals surface area contributed by atoms with E-state index in [-0.39, 0.29) is 11.7 Å². The van der Waals surface area contributed by atoms with Gasteiger partial charge in [0.2, 0.25) is 5.91 Å². The van der Waals surface area contributed by atoms with Crippen molar-refractivity contribution in [1.82, 2.24) is 20.1 Å². The van der Waals surface area contributed by atoms with Gasteiger partial charge in [-0.3, -0.25) is 4.79 Å². The Morgan fingerprint density at radius 2 is 2.03 bits per heavy atom.